The molecule has 1 nitrogen and oxygen atoms in total. The second-order valence-electron chi connectivity index (χ2n) is 5.31. The van der Waals surface area contributed by atoms with Crippen molar-refractivity contribution in [2.24, 2.45) is 17.6 Å². The molecule has 0 aromatic heterocycles. The average Bonchev–Trinajstić information content (AvgIpc) is 2.92. The molecule has 2 aliphatic rings. The molecule has 86 valence electrons. The van der Waals surface area contributed by atoms with Crippen LogP contribution in [0.3, 0.4) is 0 Å². The zero-order valence-corrected chi connectivity index (χ0v) is 9.45. The maximum atomic E-state index is 12.9. The Labute approximate surface area is 95.8 Å². The number of hydrogen-bond acceptors (Lipinski definition) is 1. The van der Waals surface area contributed by atoms with Gasteiger partial charge in [0.25, 0.3) is 0 Å². The van der Waals surface area contributed by atoms with Gasteiger partial charge in [-0.25, -0.2) is 4.39 Å². The predicted octanol–water partition coefficient (Wildman–Crippen LogP) is 2.84. The van der Waals surface area contributed by atoms with Crippen molar-refractivity contribution in [3.8, 4) is 0 Å². The topological polar surface area (TPSA) is 26.0 Å². The van der Waals surface area contributed by atoms with Crippen LogP contribution in [0.2, 0.25) is 0 Å². The fraction of sp³-hybridized carbons (Fsp3) is 0.571. The van der Waals surface area contributed by atoms with E-state index in [0.29, 0.717) is 11.3 Å². The quantitative estimate of drug-likeness (QED) is 0.831. The Kier molecular flexibility index (Phi) is 2.28. The van der Waals surface area contributed by atoms with E-state index in [9.17, 15) is 4.39 Å². The molecule has 16 heavy (non-hydrogen) atoms. The molecule has 0 amide bonds. The third-order valence-electron chi connectivity index (χ3n) is 4.65. The first-order chi connectivity index (χ1) is 7.77. The summed E-state index contributed by atoms with van der Waals surface area (Å²) >= 11 is 0. The summed E-state index contributed by atoms with van der Waals surface area (Å²) in [6, 6.07) is 7.09. The molecule has 0 saturated heterocycles. The smallest absolute Gasteiger partial charge is 0.123 e. The molecule has 1 aromatic carbocycles. The van der Waals surface area contributed by atoms with Gasteiger partial charge in [0, 0.05) is 5.41 Å². The van der Waals surface area contributed by atoms with Crippen LogP contribution in [-0.4, -0.2) is 6.54 Å². The van der Waals surface area contributed by atoms with Crippen LogP contribution in [0.15, 0.2) is 24.3 Å². The van der Waals surface area contributed by atoms with Crippen LogP contribution in [0.5, 0.6) is 0 Å². The number of benzene rings is 1. The Morgan fingerprint density at radius 1 is 1.25 bits per heavy atom. The maximum absolute atomic E-state index is 12.9. The monoisotopic (exact) mass is 219 g/mol. The summed E-state index contributed by atoms with van der Waals surface area (Å²) in [7, 11) is 0. The number of nitrogens with two attached hydrogens (primary N) is 1. The molecule has 1 unspecified atom stereocenters. The largest absolute Gasteiger partial charge is 0.330 e. The molecule has 2 heteroatoms. The van der Waals surface area contributed by atoms with Crippen LogP contribution in [0.25, 0.3) is 0 Å². The van der Waals surface area contributed by atoms with Crippen molar-refractivity contribution in [2.75, 3.05) is 6.54 Å². The SMILES string of the molecule is NC[C@@H]1CC1(c1ccc(F)cc1)C1CCC1. The van der Waals surface area contributed by atoms with E-state index in [0.717, 1.165) is 12.5 Å². The minimum Gasteiger partial charge on any atom is -0.330 e. The van der Waals surface area contributed by atoms with E-state index < -0.39 is 0 Å². The lowest BCUT2D eigenvalue weighted by atomic mass is 9.69. The Hall–Kier alpha value is -0.890. The fourth-order valence-electron chi connectivity index (χ4n) is 3.42. The van der Waals surface area contributed by atoms with Crippen LogP contribution < -0.4 is 5.73 Å². The molecule has 2 atom stereocenters. The van der Waals surface area contributed by atoms with Crippen molar-refractivity contribution < 1.29 is 4.39 Å². The Balaban J connectivity index is 1.92. The fourth-order valence-corrected chi connectivity index (χ4v) is 3.42. The second kappa shape index (κ2) is 3.56. The summed E-state index contributed by atoms with van der Waals surface area (Å²) < 4.78 is 12.9. The summed E-state index contributed by atoms with van der Waals surface area (Å²) in [5.74, 6) is 1.28. The van der Waals surface area contributed by atoms with Crippen molar-refractivity contribution in [1.29, 1.82) is 0 Å². The zero-order valence-electron chi connectivity index (χ0n) is 9.45. The molecule has 0 heterocycles. The van der Waals surface area contributed by atoms with E-state index in [2.05, 4.69) is 0 Å². The number of halogens is 1. The summed E-state index contributed by atoms with van der Waals surface area (Å²) in [6.07, 6.45) is 5.21. The highest BCUT2D eigenvalue weighted by atomic mass is 19.1. The van der Waals surface area contributed by atoms with Crippen molar-refractivity contribution >= 4 is 0 Å². The van der Waals surface area contributed by atoms with Crippen LogP contribution in [0.1, 0.15) is 31.2 Å². The molecule has 2 saturated carbocycles. The van der Waals surface area contributed by atoms with Crippen molar-refractivity contribution in [3.05, 3.63) is 35.6 Å². The van der Waals surface area contributed by atoms with E-state index in [1.54, 1.807) is 12.1 Å². The standard InChI is InChI=1S/C14H18FN/c15-13-6-4-11(5-7-13)14(8-12(14)9-16)10-2-1-3-10/h4-7,10,12H,1-3,8-9,16H2/t12-,14?/m0/s1. The molecule has 1 aromatic rings. The average molecular weight is 219 g/mol. The van der Waals surface area contributed by atoms with Crippen molar-refractivity contribution in [3.63, 3.8) is 0 Å². The van der Waals surface area contributed by atoms with Gasteiger partial charge in [0.1, 0.15) is 5.82 Å². The lowest BCUT2D eigenvalue weighted by Gasteiger charge is -2.35. The van der Waals surface area contributed by atoms with Gasteiger partial charge in [-0.05, 0) is 55.3 Å². The van der Waals surface area contributed by atoms with Gasteiger partial charge in [-0.1, -0.05) is 18.6 Å². The molecule has 2 fully saturated rings. The lowest BCUT2D eigenvalue weighted by molar-refractivity contribution is 0.231. The van der Waals surface area contributed by atoms with Crippen molar-refractivity contribution in [1.82, 2.24) is 0 Å². The first kappa shape index (κ1) is 10.3. The predicted molar refractivity (Wildman–Crippen MR) is 62.6 cm³/mol. The van der Waals surface area contributed by atoms with E-state index >= 15 is 0 Å². The zero-order chi connectivity index (χ0) is 11.2. The Morgan fingerprint density at radius 2 is 1.94 bits per heavy atom. The molecule has 2 N–H and O–H groups in total. The minimum absolute atomic E-state index is 0.141. The maximum Gasteiger partial charge on any atom is 0.123 e. The highest BCUT2D eigenvalue weighted by molar-refractivity contribution is 5.36. The molecule has 3 rings (SSSR count). The number of hydrogen-bond donors (Lipinski definition) is 1. The first-order valence-electron chi connectivity index (χ1n) is 6.23. The van der Waals surface area contributed by atoms with Gasteiger partial charge in [0.05, 0.1) is 0 Å². The van der Waals surface area contributed by atoms with E-state index in [1.165, 1.54) is 31.2 Å². The van der Waals surface area contributed by atoms with Crippen LogP contribution >= 0.6 is 0 Å². The van der Waals surface area contributed by atoms with Gasteiger partial charge in [-0.3, -0.25) is 0 Å². The Bertz CT molecular complexity index is 382. The lowest BCUT2D eigenvalue weighted by Crippen LogP contribution is -2.30. The summed E-state index contributed by atoms with van der Waals surface area (Å²) in [6.45, 7) is 0.772. The van der Waals surface area contributed by atoms with Crippen molar-refractivity contribution in [2.45, 2.75) is 31.1 Å². The van der Waals surface area contributed by atoms with Gasteiger partial charge in [-0.2, -0.15) is 0 Å². The van der Waals surface area contributed by atoms with Crippen LogP contribution in [0.4, 0.5) is 4.39 Å². The van der Waals surface area contributed by atoms with Gasteiger partial charge in [0.2, 0.25) is 0 Å². The van der Waals surface area contributed by atoms with E-state index in [1.807, 2.05) is 12.1 Å². The minimum atomic E-state index is -0.141. The van der Waals surface area contributed by atoms with Gasteiger partial charge < -0.3 is 5.73 Å². The number of rotatable bonds is 3. The molecule has 2 aliphatic carbocycles. The van der Waals surface area contributed by atoms with Gasteiger partial charge in [-0.15, -0.1) is 0 Å². The van der Waals surface area contributed by atoms with E-state index in [4.69, 9.17) is 5.73 Å². The summed E-state index contributed by atoms with van der Waals surface area (Å²) in [5, 5.41) is 0. The van der Waals surface area contributed by atoms with Crippen LogP contribution in [0, 0.1) is 17.7 Å². The molecular weight excluding hydrogens is 201 g/mol. The summed E-state index contributed by atoms with van der Waals surface area (Å²) in [4.78, 5) is 0. The highest BCUT2D eigenvalue weighted by Crippen LogP contribution is 2.63. The highest BCUT2D eigenvalue weighted by Gasteiger charge is 2.59. The van der Waals surface area contributed by atoms with Gasteiger partial charge in [0.15, 0.2) is 0 Å². The molecule has 0 radical (unpaired) electrons. The van der Waals surface area contributed by atoms with Gasteiger partial charge >= 0.3 is 0 Å². The third kappa shape index (κ3) is 1.32. The van der Waals surface area contributed by atoms with E-state index in [-0.39, 0.29) is 5.82 Å². The Morgan fingerprint density at radius 3 is 2.38 bits per heavy atom. The first-order valence-corrected chi connectivity index (χ1v) is 6.23. The molecular formula is C14H18FN. The third-order valence-corrected chi connectivity index (χ3v) is 4.65. The molecule has 0 aliphatic heterocycles. The van der Waals surface area contributed by atoms with Crippen LogP contribution in [-0.2, 0) is 5.41 Å². The second-order valence-corrected chi connectivity index (χ2v) is 5.31. The molecule has 0 spiro atoms. The summed E-state index contributed by atoms with van der Waals surface area (Å²) in [5.41, 5.74) is 7.44. The normalized spacial score (nSPS) is 33.5. The molecule has 0 bridgehead atoms.